The van der Waals surface area contributed by atoms with Crippen molar-refractivity contribution in [2.45, 2.75) is 25.3 Å². The van der Waals surface area contributed by atoms with E-state index in [4.69, 9.17) is 22.4 Å². The van der Waals surface area contributed by atoms with Crippen molar-refractivity contribution in [3.05, 3.63) is 34.9 Å². The van der Waals surface area contributed by atoms with Gasteiger partial charge in [0.2, 0.25) is 0 Å². The van der Waals surface area contributed by atoms with Crippen LogP contribution in [0.15, 0.2) is 24.3 Å². The molecule has 0 fully saturated rings. The average Bonchev–Trinajstić information content (AvgIpc) is 2.15. The van der Waals surface area contributed by atoms with Crippen molar-refractivity contribution in [3.63, 3.8) is 0 Å². The van der Waals surface area contributed by atoms with Crippen LogP contribution in [0.3, 0.4) is 0 Å². The zero-order valence-corrected chi connectivity index (χ0v) is 9.24. The topological polar surface area (TPSA) is 63.3 Å². The highest BCUT2D eigenvalue weighted by atomic mass is 35.5. The average molecular weight is 228 g/mol. The number of aliphatic carboxylic acids is 1. The molecule has 2 unspecified atom stereocenters. The van der Waals surface area contributed by atoms with Gasteiger partial charge in [-0.2, -0.15) is 0 Å². The van der Waals surface area contributed by atoms with Crippen molar-refractivity contribution >= 4 is 17.6 Å². The minimum atomic E-state index is -0.864. The number of benzene rings is 1. The summed E-state index contributed by atoms with van der Waals surface area (Å²) < 4.78 is 0. The van der Waals surface area contributed by atoms with Crippen LogP contribution in [0.25, 0.3) is 0 Å². The van der Waals surface area contributed by atoms with Gasteiger partial charge in [-0.15, -0.1) is 0 Å². The normalized spacial score (nSPS) is 14.6. The van der Waals surface area contributed by atoms with Gasteiger partial charge in [-0.1, -0.05) is 29.8 Å². The molecule has 2 atom stereocenters. The van der Waals surface area contributed by atoms with Crippen LogP contribution in [0.1, 0.15) is 24.8 Å². The smallest absolute Gasteiger partial charge is 0.304 e. The summed E-state index contributed by atoms with van der Waals surface area (Å²) in [4.78, 5) is 10.7. The van der Waals surface area contributed by atoms with Gasteiger partial charge in [-0.3, -0.25) is 4.79 Å². The lowest BCUT2D eigenvalue weighted by Crippen LogP contribution is -2.27. The molecule has 3 nitrogen and oxygen atoms in total. The molecule has 0 heterocycles. The molecule has 0 saturated heterocycles. The number of rotatable bonds is 4. The predicted octanol–water partition coefficient (Wildman–Crippen LogP) is 2.25. The highest BCUT2D eigenvalue weighted by Gasteiger charge is 2.21. The maximum Gasteiger partial charge on any atom is 0.304 e. The first kappa shape index (κ1) is 12.0. The summed E-state index contributed by atoms with van der Waals surface area (Å²) >= 11 is 6.00. The van der Waals surface area contributed by atoms with E-state index in [1.54, 1.807) is 13.0 Å². The first-order valence-corrected chi connectivity index (χ1v) is 5.12. The third-order valence-electron chi connectivity index (χ3n) is 2.33. The number of nitrogens with two attached hydrogens (primary N) is 1. The Labute approximate surface area is 93.9 Å². The van der Waals surface area contributed by atoms with E-state index in [0.29, 0.717) is 5.02 Å². The van der Waals surface area contributed by atoms with Gasteiger partial charge in [-0.05, 0) is 18.6 Å². The minimum absolute atomic E-state index is 0.00139. The lowest BCUT2D eigenvalue weighted by atomic mass is 9.90. The lowest BCUT2D eigenvalue weighted by molar-refractivity contribution is -0.137. The third kappa shape index (κ3) is 3.22. The molecule has 82 valence electrons. The highest BCUT2D eigenvalue weighted by Crippen LogP contribution is 2.28. The van der Waals surface area contributed by atoms with Crippen molar-refractivity contribution in [2.75, 3.05) is 0 Å². The van der Waals surface area contributed by atoms with E-state index in [2.05, 4.69) is 0 Å². The zero-order valence-electron chi connectivity index (χ0n) is 8.48. The maximum atomic E-state index is 10.7. The summed E-state index contributed by atoms with van der Waals surface area (Å²) in [6, 6.07) is 6.97. The summed E-state index contributed by atoms with van der Waals surface area (Å²) in [7, 11) is 0. The first-order chi connectivity index (χ1) is 7.02. The van der Waals surface area contributed by atoms with E-state index < -0.39 is 5.97 Å². The van der Waals surface area contributed by atoms with E-state index in [9.17, 15) is 4.79 Å². The second-order valence-corrected chi connectivity index (χ2v) is 3.99. The zero-order chi connectivity index (χ0) is 11.4. The van der Waals surface area contributed by atoms with Crippen molar-refractivity contribution in [1.29, 1.82) is 0 Å². The van der Waals surface area contributed by atoms with Gasteiger partial charge in [-0.25, -0.2) is 0 Å². The Kier molecular flexibility index (Phi) is 4.12. The number of carbonyl (C=O) groups is 1. The fraction of sp³-hybridized carbons (Fsp3) is 0.364. The number of halogens is 1. The van der Waals surface area contributed by atoms with E-state index in [1.165, 1.54) is 0 Å². The first-order valence-electron chi connectivity index (χ1n) is 4.74. The van der Waals surface area contributed by atoms with E-state index in [-0.39, 0.29) is 18.4 Å². The Morgan fingerprint density at radius 3 is 2.60 bits per heavy atom. The summed E-state index contributed by atoms with van der Waals surface area (Å²) in [6.07, 6.45) is 0.00139. The van der Waals surface area contributed by atoms with Crippen molar-refractivity contribution in [1.82, 2.24) is 0 Å². The Balaban J connectivity index is 2.99. The van der Waals surface area contributed by atoms with E-state index in [1.807, 2.05) is 18.2 Å². The second-order valence-electron chi connectivity index (χ2n) is 3.58. The van der Waals surface area contributed by atoms with Gasteiger partial charge in [0.25, 0.3) is 0 Å². The number of hydrogen-bond acceptors (Lipinski definition) is 2. The Morgan fingerprint density at radius 2 is 2.13 bits per heavy atom. The molecule has 0 aliphatic heterocycles. The van der Waals surface area contributed by atoms with Gasteiger partial charge >= 0.3 is 5.97 Å². The molecule has 0 spiro atoms. The summed E-state index contributed by atoms with van der Waals surface area (Å²) in [5.41, 5.74) is 6.57. The molecule has 4 heteroatoms. The van der Waals surface area contributed by atoms with Crippen molar-refractivity contribution < 1.29 is 9.90 Å². The molecular weight excluding hydrogens is 214 g/mol. The van der Waals surface area contributed by atoms with Crippen LogP contribution in [0, 0.1) is 0 Å². The quantitative estimate of drug-likeness (QED) is 0.829. The minimum Gasteiger partial charge on any atom is -0.481 e. The molecule has 0 bridgehead atoms. The highest BCUT2D eigenvalue weighted by molar-refractivity contribution is 6.31. The molecule has 1 aromatic carbocycles. The van der Waals surface area contributed by atoms with Crippen LogP contribution in [0.4, 0.5) is 0 Å². The SMILES string of the molecule is CC(N)C(CC(=O)O)c1ccccc1Cl. The number of hydrogen-bond donors (Lipinski definition) is 2. The number of carboxylic acid groups (broad SMARTS) is 1. The summed E-state index contributed by atoms with van der Waals surface area (Å²) in [6.45, 7) is 1.79. The molecule has 0 radical (unpaired) electrons. The van der Waals surface area contributed by atoms with Crippen molar-refractivity contribution in [2.24, 2.45) is 5.73 Å². The summed E-state index contributed by atoms with van der Waals surface area (Å²) in [5, 5.41) is 9.36. The van der Waals surface area contributed by atoms with Crippen LogP contribution < -0.4 is 5.73 Å². The molecule has 0 saturated carbocycles. The molecular formula is C11H14ClNO2. The van der Waals surface area contributed by atoms with E-state index in [0.717, 1.165) is 5.56 Å². The molecule has 0 aromatic heterocycles. The van der Waals surface area contributed by atoms with Gasteiger partial charge in [0.15, 0.2) is 0 Å². The molecule has 3 N–H and O–H groups in total. The van der Waals surface area contributed by atoms with Gasteiger partial charge in [0.1, 0.15) is 0 Å². The largest absolute Gasteiger partial charge is 0.481 e. The Morgan fingerprint density at radius 1 is 1.53 bits per heavy atom. The predicted molar refractivity (Wildman–Crippen MR) is 60.1 cm³/mol. The Bertz CT molecular complexity index is 352. The van der Waals surface area contributed by atoms with Crippen LogP contribution >= 0.6 is 11.6 Å². The Hall–Kier alpha value is -1.06. The second kappa shape index (κ2) is 5.14. The standard InChI is InChI=1S/C11H14ClNO2/c1-7(13)9(6-11(14)15)8-4-2-3-5-10(8)12/h2-5,7,9H,6,13H2,1H3,(H,14,15). The lowest BCUT2D eigenvalue weighted by Gasteiger charge is -2.20. The van der Waals surface area contributed by atoms with Gasteiger partial charge < -0.3 is 10.8 Å². The number of carboxylic acids is 1. The third-order valence-corrected chi connectivity index (χ3v) is 2.68. The van der Waals surface area contributed by atoms with Crippen molar-refractivity contribution in [3.8, 4) is 0 Å². The summed E-state index contributed by atoms with van der Waals surface area (Å²) in [5.74, 6) is -1.10. The fourth-order valence-electron chi connectivity index (χ4n) is 1.54. The molecule has 1 aromatic rings. The van der Waals surface area contributed by atoms with Crippen LogP contribution in [-0.4, -0.2) is 17.1 Å². The maximum absolute atomic E-state index is 10.7. The molecule has 0 aliphatic rings. The monoisotopic (exact) mass is 227 g/mol. The van der Waals surface area contributed by atoms with Crippen LogP contribution in [0.5, 0.6) is 0 Å². The van der Waals surface area contributed by atoms with Gasteiger partial charge in [0.05, 0.1) is 6.42 Å². The fourth-order valence-corrected chi connectivity index (χ4v) is 1.82. The molecule has 1 rings (SSSR count). The molecule has 15 heavy (non-hydrogen) atoms. The van der Waals surface area contributed by atoms with E-state index >= 15 is 0 Å². The van der Waals surface area contributed by atoms with Gasteiger partial charge in [0, 0.05) is 17.0 Å². The van der Waals surface area contributed by atoms with Crippen LogP contribution in [-0.2, 0) is 4.79 Å². The molecule has 0 amide bonds. The molecule has 0 aliphatic carbocycles. The van der Waals surface area contributed by atoms with Crippen LogP contribution in [0.2, 0.25) is 5.02 Å².